The molecule has 0 saturated carbocycles. The van der Waals surface area contributed by atoms with E-state index in [9.17, 15) is 4.79 Å². The summed E-state index contributed by atoms with van der Waals surface area (Å²) in [6.07, 6.45) is 3.26. The highest BCUT2D eigenvalue weighted by atomic mass is 32.2. The number of carbonyl (C=O) groups excluding carboxylic acids is 1. The number of thiophene rings is 1. The average molecular weight is 381 g/mol. The second-order valence-electron chi connectivity index (χ2n) is 5.69. The second-order valence-corrected chi connectivity index (χ2v) is 7.57. The number of aromatic amines is 1. The number of rotatable bonds is 5. The second kappa shape index (κ2) is 7.27. The quantitative estimate of drug-likeness (QED) is 0.398. The molecule has 0 unspecified atom stereocenters. The summed E-state index contributed by atoms with van der Waals surface area (Å²) in [5.74, 6) is 0.664. The number of nitrogens with zero attached hydrogens (tertiary/aromatic N) is 3. The normalized spacial score (nSPS) is 11.0. The number of hydrogen-bond donors (Lipinski definition) is 2. The van der Waals surface area contributed by atoms with Crippen molar-refractivity contribution in [3.8, 4) is 0 Å². The van der Waals surface area contributed by atoms with E-state index in [1.807, 2.05) is 42.6 Å². The van der Waals surface area contributed by atoms with Crippen LogP contribution in [-0.4, -0.2) is 26.1 Å². The number of hydrogen-bond acceptors (Lipinski definition) is 6. The van der Waals surface area contributed by atoms with Gasteiger partial charge in [-0.25, -0.2) is 9.97 Å². The SMILES string of the molecule is Cc1ccsc1C(=O)Nc1cccc(CSc2ncnc3[nH]ncc23)c1. The first-order valence-electron chi connectivity index (χ1n) is 7.92. The van der Waals surface area contributed by atoms with Crippen molar-refractivity contribution in [2.24, 2.45) is 0 Å². The minimum atomic E-state index is -0.0711. The number of H-pyrrole nitrogens is 1. The first kappa shape index (κ1) is 16.7. The van der Waals surface area contributed by atoms with E-state index in [-0.39, 0.29) is 5.91 Å². The fraction of sp³-hybridized carbons (Fsp3) is 0.111. The Kier molecular flexibility index (Phi) is 4.68. The third-order valence-electron chi connectivity index (χ3n) is 3.84. The standard InChI is InChI=1S/C18H15N5OS2/c1-11-5-6-25-15(11)17(24)22-13-4-2-3-12(7-13)9-26-18-14-8-21-23-16(14)19-10-20-18/h2-8,10H,9H2,1H3,(H,22,24)(H,19,20,21,23). The largest absolute Gasteiger partial charge is 0.321 e. The molecule has 130 valence electrons. The van der Waals surface area contributed by atoms with Crippen LogP contribution in [0.4, 0.5) is 5.69 Å². The Morgan fingerprint density at radius 1 is 1.31 bits per heavy atom. The topological polar surface area (TPSA) is 83.6 Å². The molecule has 3 heterocycles. The first-order valence-corrected chi connectivity index (χ1v) is 9.78. The molecule has 3 aromatic heterocycles. The lowest BCUT2D eigenvalue weighted by atomic mass is 10.2. The van der Waals surface area contributed by atoms with Gasteiger partial charge in [0, 0.05) is 11.4 Å². The maximum Gasteiger partial charge on any atom is 0.265 e. The molecular weight excluding hydrogens is 366 g/mol. The molecule has 0 spiro atoms. The minimum Gasteiger partial charge on any atom is -0.321 e. The van der Waals surface area contributed by atoms with Crippen molar-refractivity contribution in [2.75, 3.05) is 5.32 Å². The predicted octanol–water partition coefficient (Wildman–Crippen LogP) is 4.27. The van der Waals surface area contributed by atoms with Crippen LogP contribution in [0.3, 0.4) is 0 Å². The molecule has 4 aromatic rings. The highest BCUT2D eigenvalue weighted by molar-refractivity contribution is 7.98. The van der Waals surface area contributed by atoms with Gasteiger partial charge in [-0.15, -0.1) is 23.1 Å². The summed E-state index contributed by atoms with van der Waals surface area (Å²) in [4.78, 5) is 21.6. The van der Waals surface area contributed by atoms with E-state index in [4.69, 9.17) is 0 Å². The molecule has 0 saturated heterocycles. The first-order chi connectivity index (χ1) is 12.7. The van der Waals surface area contributed by atoms with E-state index in [2.05, 4.69) is 25.5 Å². The van der Waals surface area contributed by atoms with Crippen molar-refractivity contribution >= 4 is 45.7 Å². The number of fused-ring (bicyclic) bond motifs is 1. The van der Waals surface area contributed by atoms with E-state index in [1.54, 1.807) is 18.0 Å². The van der Waals surface area contributed by atoms with Crippen LogP contribution in [-0.2, 0) is 5.75 Å². The molecule has 2 N–H and O–H groups in total. The number of thioether (sulfide) groups is 1. The predicted molar refractivity (Wildman–Crippen MR) is 105 cm³/mol. The van der Waals surface area contributed by atoms with Gasteiger partial charge in [0.2, 0.25) is 0 Å². The smallest absolute Gasteiger partial charge is 0.265 e. The molecule has 0 aliphatic carbocycles. The average Bonchev–Trinajstić information content (AvgIpc) is 3.29. The van der Waals surface area contributed by atoms with E-state index < -0.39 is 0 Å². The van der Waals surface area contributed by atoms with Gasteiger partial charge in [0.15, 0.2) is 5.65 Å². The van der Waals surface area contributed by atoms with Crippen LogP contribution in [0.1, 0.15) is 20.8 Å². The Hall–Kier alpha value is -2.71. The minimum absolute atomic E-state index is 0.0711. The van der Waals surface area contributed by atoms with Crippen molar-refractivity contribution in [3.05, 3.63) is 64.2 Å². The maximum absolute atomic E-state index is 12.4. The fourth-order valence-electron chi connectivity index (χ4n) is 2.54. The molecule has 6 nitrogen and oxygen atoms in total. The van der Waals surface area contributed by atoms with Crippen LogP contribution in [0.5, 0.6) is 0 Å². The monoisotopic (exact) mass is 381 g/mol. The van der Waals surface area contributed by atoms with Crippen molar-refractivity contribution < 1.29 is 4.79 Å². The van der Waals surface area contributed by atoms with Crippen LogP contribution < -0.4 is 5.32 Å². The Balaban J connectivity index is 1.47. The van der Waals surface area contributed by atoms with Crippen molar-refractivity contribution in [1.29, 1.82) is 0 Å². The summed E-state index contributed by atoms with van der Waals surface area (Å²) < 4.78 is 0. The number of carbonyl (C=O) groups is 1. The molecule has 0 aliphatic rings. The third-order valence-corrected chi connectivity index (χ3v) is 5.93. The summed E-state index contributed by atoms with van der Waals surface area (Å²) >= 11 is 3.07. The van der Waals surface area contributed by atoms with Crippen LogP contribution in [0.25, 0.3) is 11.0 Å². The van der Waals surface area contributed by atoms with Gasteiger partial charge in [0.1, 0.15) is 11.4 Å². The molecule has 0 atom stereocenters. The van der Waals surface area contributed by atoms with Gasteiger partial charge >= 0.3 is 0 Å². The summed E-state index contributed by atoms with van der Waals surface area (Å²) in [5.41, 5.74) is 3.62. The number of anilines is 1. The lowest BCUT2D eigenvalue weighted by molar-refractivity contribution is 0.103. The molecule has 1 aromatic carbocycles. The zero-order valence-corrected chi connectivity index (χ0v) is 15.5. The highest BCUT2D eigenvalue weighted by Crippen LogP contribution is 2.27. The Morgan fingerprint density at radius 2 is 2.23 bits per heavy atom. The van der Waals surface area contributed by atoms with E-state index >= 15 is 0 Å². The van der Waals surface area contributed by atoms with E-state index in [0.29, 0.717) is 0 Å². The Bertz CT molecular complexity index is 1070. The van der Waals surface area contributed by atoms with Gasteiger partial charge in [-0.3, -0.25) is 9.89 Å². The van der Waals surface area contributed by atoms with E-state index in [0.717, 1.165) is 43.5 Å². The summed E-state index contributed by atoms with van der Waals surface area (Å²) in [5, 5.41) is 13.5. The zero-order chi connectivity index (χ0) is 17.9. The number of benzene rings is 1. The van der Waals surface area contributed by atoms with Gasteiger partial charge in [-0.05, 0) is 41.6 Å². The summed E-state index contributed by atoms with van der Waals surface area (Å²) in [6, 6.07) is 9.81. The van der Waals surface area contributed by atoms with Crippen LogP contribution in [0.15, 0.2) is 53.3 Å². The van der Waals surface area contributed by atoms with Gasteiger partial charge < -0.3 is 5.32 Å². The number of aryl methyl sites for hydroxylation is 1. The van der Waals surface area contributed by atoms with Gasteiger partial charge in [-0.1, -0.05) is 12.1 Å². The van der Waals surface area contributed by atoms with Crippen LogP contribution in [0, 0.1) is 6.92 Å². The lowest BCUT2D eigenvalue weighted by Gasteiger charge is -2.07. The summed E-state index contributed by atoms with van der Waals surface area (Å²) in [7, 11) is 0. The van der Waals surface area contributed by atoms with Gasteiger partial charge in [0.05, 0.1) is 16.5 Å². The van der Waals surface area contributed by atoms with E-state index in [1.165, 1.54) is 17.7 Å². The van der Waals surface area contributed by atoms with Crippen LogP contribution >= 0.6 is 23.1 Å². The van der Waals surface area contributed by atoms with Gasteiger partial charge in [-0.2, -0.15) is 5.10 Å². The Morgan fingerprint density at radius 3 is 3.08 bits per heavy atom. The molecule has 0 bridgehead atoms. The lowest BCUT2D eigenvalue weighted by Crippen LogP contribution is -2.11. The molecule has 8 heteroatoms. The van der Waals surface area contributed by atoms with Crippen molar-refractivity contribution in [1.82, 2.24) is 20.2 Å². The number of aromatic nitrogens is 4. The Labute approximate surface area is 158 Å². The molecule has 26 heavy (non-hydrogen) atoms. The third kappa shape index (κ3) is 3.47. The molecule has 1 amide bonds. The number of amides is 1. The molecule has 0 fully saturated rings. The molecule has 0 radical (unpaired) electrons. The molecule has 4 rings (SSSR count). The number of nitrogens with one attached hydrogen (secondary N) is 2. The van der Waals surface area contributed by atoms with Crippen molar-refractivity contribution in [2.45, 2.75) is 17.7 Å². The van der Waals surface area contributed by atoms with Crippen LogP contribution in [0.2, 0.25) is 0 Å². The molecular formula is C18H15N5OS2. The highest BCUT2D eigenvalue weighted by Gasteiger charge is 2.11. The van der Waals surface area contributed by atoms with Gasteiger partial charge in [0.25, 0.3) is 5.91 Å². The zero-order valence-electron chi connectivity index (χ0n) is 13.9. The van der Waals surface area contributed by atoms with Crippen molar-refractivity contribution in [3.63, 3.8) is 0 Å². The molecule has 0 aliphatic heterocycles. The summed E-state index contributed by atoms with van der Waals surface area (Å²) in [6.45, 7) is 1.94. The maximum atomic E-state index is 12.4. The fourth-order valence-corrected chi connectivity index (χ4v) is 4.27.